The molecule has 0 amide bonds. The molecule has 0 fully saturated rings. The lowest BCUT2D eigenvalue weighted by Crippen LogP contribution is -2.34. The zero-order chi connectivity index (χ0) is 15.8. The van der Waals surface area contributed by atoms with Crippen LogP contribution >= 0.6 is 11.6 Å². The fraction of sp³-hybridized carbons (Fsp3) is 0.529. The number of fused-ring (bicyclic) bond motifs is 1. The Kier molecular flexibility index (Phi) is 4.43. The Bertz CT molecular complexity index is 701. The zero-order valence-corrected chi connectivity index (χ0v) is 14.1. The van der Waals surface area contributed by atoms with Crippen molar-refractivity contribution in [3.05, 3.63) is 40.4 Å². The van der Waals surface area contributed by atoms with Crippen LogP contribution in [0.15, 0.2) is 29.1 Å². The van der Waals surface area contributed by atoms with Gasteiger partial charge in [-0.05, 0) is 30.4 Å². The number of aromatic nitrogens is 2. The molecule has 1 unspecified atom stereocenters. The number of para-hydroxylation sites is 1. The molecular weight excluding hydrogens is 284 g/mol. The van der Waals surface area contributed by atoms with E-state index in [1.54, 1.807) is 4.57 Å². The molecule has 4 heteroatoms. The van der Waals surface area contributed by atoms with Gasteiger partial charge in [-0.3, -0.25) is 9.36 Å². The maximum atomic E-state index is 12.8. The SMILES string of the molecule is CC(Cl)c1nc2ccccc2c(=O)n1CC(C)(C)C(C)C. The summed E-state index contributed by atoms with van der Waals surface area (Å²) in [6.07, 6.45) is 0. The van der Waals surface area contributed by atoms with Crippen LogP contribution in [0.5, 0.6) is 0 Å². The van der Waals surface area contributed by atoms with E-state index in [4.69, 9.17) is 11.6 Å². The molecule has 2 aromatic rings. The van der Waals surface area contributed by atoms with Crippen LogP contribution in [0.3, 0.4) is 0 Å². The van der Waals surface area contributed by atoms with E-state index in [1.807, 2.05) is 31.2 Å². The number of halogens is 1. The van der Waals surface area contributed by atoms with Crippen molar-refractivity contribution >= 4 is 22.5 Å². The van der Waals surface area contributed by atoms with Crippen LogP contribution in [0.4, 0.5) is 0 Å². The highest BCUT2D eigenvalue weighted by atomic mass is 35.5. The molecule has 1 heterocycles. The number of nitrogens with zero attached hydrogens (tertiary/aromatic N) is 2. The molecule has 3 nitrogen and oxygen atoms in total. The summed E-state index contributed by atoms with van der Waals surface area (Å²) < 4.78 is 1.75. The first-order valence-electron chi connectivity index (χ1n) is 7.37. The van der Waals surface area contributed by atoms with Gasteiger partial charge in [0.2, 0.25) is 0 Å². The van der Waals surface area contributed by atoms with E-state index in [2.05, 4.69) is 32.7 Å². The summed E-state index contributed by atoms with van der Waals surface area (Å²) >= 11 is 6.27. The molecule has 2 rings (SSSR count). The van der Waals surface area contributed by atoms with Gasteiger partial charge in [-0.15, -0.1) is 11.6 Å². The van der Waals surface area contributed by atoms with Crippen molar-refractivity contribution in [1.29, 1.82) is 0 Å². The van der Waals surface area contributed by atoms with Gasteiger partial charge >= 0.3 is 0 Å². The third-order valence-electron chi connectivity index (χ3n) is 4.38. The van der Waals surface area contributed by atoms with E-state index in [0.717, 1.165) is 0 Å². The van der Waals surface area contributed by atoms with Gasteiger partial charge in [0.1, 0.15) is 5.82 Å². The van der Waals surface area contributed by atoms with Gasteiger partial charge in [0.15, 0.2) is 0 Å². The standard InChI is InChI=1S/C17H23ClN2O/c1-11(2)17(4,5)10-20-15(12(3)18)19-14-9-7-6-8-13(14)16(20)21/h6-9,11-12H,10H2,1-5H3. The molecule has 0 radical (unpaired) electrons. The minimum atomic E-state index is -0.301. The highest BCUT2D eigenvalue weighted by Gasteiger charge is 2.26. The van der Waals surface area contributed by atoms with E-state index >= 15 is 0 Å². The molecule has 1 aromatic carbocycles. The van der Waals surface area contributed by atoms with Crippen molar-refractivity contribution in [3.63, 3.8) is 0 Å². The molecule has 0 saturated heterocycles. The van der Waals surface area contributed by atoms with Crippen molar-refractivity contribution in [1.82, 2.24) is 9.55 Å². The molecule has 0 bridgehead atoms. The van der Waals surface area contributed by atoms with Crippen LogP contribution in [0.2, 0.25) is 0 Å². The summed E-state index contributed by atoms with van der Waals surface area (Å²) in [6.45, 7) is 11.2. The van der Waals surface area contributed by atoms with Gasteiger partial charge in [-0.1, -0.05) is 39.8 Å². The Labute approximate surface area is 131 Å². The monoisotopic (exact) mass is 306 g/mol. The molecule has 1 atom stereocenters. The van der Waals surface area contributed by atoms with Crippen molar-refractivity contribution in [3.8, 4) is 0 Å². The first-order chi connectivity index (χ1) is 9.74. The zero-order valence-electron chi connectivity index (χ0n) is 13.4. The van der Waals surface area contributed by atoms with E-state index in [-0.39, 0.29) is 16.4 Å². The molecular formula is C17H23ClN2O. The summed E-state index contributed by atoms with van der Waals surface area (Å²) in [5.74, 6) is 1.10. The average Bonchev–Trinajstić information content (AvgIpc) is 2.41. The number of alkyl halides is 1. The molecule has 0 aliphatic rings. The van der Waals surface area contributed by atoms with E-state index in [9.17, 15) is 4.79 Å². The third kappa shape index (κ3) is 3.13. The maximum Gasteiger partial charge on any atom is 0.261 e. The highest BCUT2D eigenvalue weighted by molar-refractivity contribution is 6.20. The third-order valence-corrected chi connectivity index (χ3v) is 4.57. The molecule has 0 spiro atoms. The lowest BCUT2D eigenvalue weighted by Gasteiger charge is -2.31. The highest BCUT2D eigenvalue weighted by Crippen LogP contribution is 2.29. The smallest absolute Gasteiger partial charge is 0.261 e. The molecule has 21 heavy (non-hydrogen) atoms. The van der Waals surface area contributed by atoms with Gasteiger partial charge in [-0.25, -0.2) is 4.98 Å². The Morgan fingerprint density at radius 3 is 2.43 bits per heavy atom. The Morgan fingerprint density at radius 2 is 1.86 bits per heavy atom. The number of benzene rings is 1. The number of rotatable bonds is 4. The molecule has 1 aromatic heterocycles. The van der Waals surface area contributed by atoms with E-state index in [1.165, 1.54) is 0 Å². The summed E-state index contributed by atoms with van der Waals surface area (Å²) in [4.78, 5) is 17.4. The second-order valence-electron chi connectivity index (χ2n) is 6.64. The van der Waals surface area contributed by atoms with Gasteiger partial charge < -0.3 is 0 Å². The van der Waals surface area contributed by atoms with Gasteiger partial charge in [0, 0.05) is 6.54 Å². The molecule has 0 saturated carbocycles. The molecule has 0 aliphatic carbocycles. The van der Waals surface area contributed by atoms with Gasteiger partial charge in [-0.2, -0.15) is 0 Å². The van der Waals surface area contributed by atoms with E-state index in [0.29, 0.717) is 29.2 Å². The lowest BCUT2D eigenvalue weighted by molar-refractivity contribution is 0.204. The second kappa shape index (κ2) is 5.80. The average molecular weight is 307 g/mol. The number of hydrogen-bond acceptors (Lipinski definition) is 2. The predicted octanol–water partition coefficient (Wildman–Crippen LogP) is 4.38. The van der Waals surface area contributed by atoms with Gasteiger partial charge in [0.25, 0.3) is 5.56 Å². The minimum absolute atomic E-state index is 0.00294. The fourth-order valence-electron chi connectivity index (χ4n) is 2.23. The van der Waals surface area contributed by atoms with Crippen LogP contribution < -0.4 is 5.56 Å². The Hall–Kier alpha value is -1.35. The first kappa shape index (κ1) is 16.0. The van der Waals surface area contributed by atoms with Crippen molar-refractivity contribution < 1.29 is 0 Å². The normalized spacial score (nSPS) is 13.9. The van der Waals surface area contributed by atoms with Crippen LogP contribution in [0.1, 0.15) is 45.8 Å². The Balaban J connectivity index is 2.68. The topological polar surface area (TPSA) is 34.9 Å². The quantitative estimate of drug-likeness (QED) is 0.786. The van der Waals surface area contributed by atoms with E-state index < -0.39 is 0 Å². The first-order valence-corrected chi connectivity index (χ1v) is 7.81. The number of hydrogen-bond donors (Lipinski definition) is 0. The van der Waals surface area contributed by atoms with Crippen LogP contribution in [-0.4, -0.2) is 9.55 Å². The van der Waals surface area contributed by atoms with Crippen LogP contribution in [-0.2, 0) is 6.54 Å². The second-order valence-corrected chi connectivity index (χ2v) is 7.29. The minimum Gasteiger partial charge on any atom is -0.294 e. The summed E-state index contributed by atoms with van der Waals surface area (Å²) in [6, 6.07) is 7.44. The van der Waals surface area contributed by atoms with Crippen molar-refractivity contribution in [2.24, 2.45) is 11.3 Å². The maximum absolute atomic E-state index is 12.8. The van der Waals surface area contributed by atoms with Crippen molar-refractivity contribution in [2.45, 2.75) is 46.5 Å². The molecule has 0 aliphatic heterocycles. The predicted molar refractivity (Wildman–Crippen MR) is 88.9 cm³/mol. The summed E-state index contributed by atoms with van der Waals surface area (Å²) in [5.41, 5.74) is 0.703. The largest absolute Gasteiger partial charge is 0.294 e. The fourth-order valence-corrected chi connectivity index (χ4v) is 2.40. The van der Waals surface area contributed by atoms with Crippen LogP contribution in [0.25, 0.3) is 10.9 Å². The summed E-state index contributed by atoms with van der Waals surface area (Å²) in [5, 5.41) is 0.350. The Morgan fingerprint density at radius 1 is 1.24 bits per heavy atom. The van der Waals surface area contributed by atoms with Crippen molar-refractivity contribution in [2.75, 3.05) is 0 Å². The lowest BCUT2D eigenvalue weighted by atomic mass is 9.81. The summed E-state index contributed by atoms with van der Waals surface area (Å²) in [7, 11) is 0. The molecule has 0 N–H and O–H groups in total. The van der Waals surface area contributed by atoms with Crippen LogP contribution in [0, 0.1) is 11.3 Å². The van der Waals surface area contributed by atoms with Gasteiger partial charge in [0.05, 0.1) is 16.3 Å². The molecule has 114 valence electrons.